The largest absolute Gasteiger partial charge is 0.348 e. The highest BCUT2D eigenvalue weighted by molar-refractivity contribution is 5.91. The summed E-state index contributed by atoms with van der Waals surface area (Å²) < 4.78 is 0. The van der Waals surface area contributed by atoms with Gasteiger partial charge >= 0.3 is 0 Å². The Balaban J connectivity index is 2.23. The molecule has 1 heterocycles. The lowest BCUT2D eigenvalue weighted by Crippen LogP contribution is -2.46. The molecular weight excluding hydrogens is 190 g/mol. The van der Waals surface area contributed by atoms with E-state index in [4.69, 9.17) is 0 Å². The van der Waals surface area contributed by atoms with Crippen molar-refractivity contribution in [2.24, 2.45) is 0 Å². The Labute approximate surface area is 89.5 Å². The molecule has 0 fully saturated rings. The van der Waals surface area contributed by atoms with E-state index in [0.29, 0.717) is 6.04 Å². The van der Waals surface area contributed by atoms with Gasteiger partial charge in [-0.1, -0.05) is 13.8 Å². The molecule has 2 unspecified atom stereocenters. The van der Waals surface area contributed by atoms with Crippen LogP contribution in [-0.4, -0.2) is 27.8 Å². The molecule has 2 rings (SSSR count). The maximum Gasteiger partial charge on any atom is 0.158 e. The van der Waals surface area contributed by atoms with Crippen molar-refractivity contribution in [2.75, 3.05) is 0 Å². The number of carbonyl (C=O) groups excluding carboxylic acids is 1. The van der Waals surface area contributed by atoms with Gasteiger partial charge < -0.3 is 10.3 Å². The molecule has 0 saturated heterocycles. The lowest BCUT2D eigenvalue weighted by molar-refractivity contribution is -0.123. The minimum absolute atomic E-state index is 0.0621. The van der Waals surface area contributed by atoms with Crippen molar-refractivity contribution < 1.29 is 4.79 Å². The standard InChI is InChI=1S/C11H17N3O/c1-6(2)14-9-4-8-10(13-5-12-8)7(3)11(9)15/h5-7,9,14H,4H2,1-3H3,(H,12,13). The molecule has 2 atom stereocenters. The van der Waals surface area contributed by atoms with Gasteiger partial charge in [0.25, 0.3) is 0 Å². The van der Waals surface area contributed by atoms with Crippen LogP contribution in [0, 0.1) is 0 Å². The van der Waals surface area contributed by atoms with Crippen LogP contribution in [0.1, 0.15) is 38.1 Å². The van der Waals surface area contributed by atoms with E-state index < -0.39 is 0 Å². The normalized spacial score (nSPS) is 25.7. The zero-order valence-electron chi connectivity index (χ0n) is 9.37. The third-order valence-corrected chi connectivity index (χ3v) is 2.87. The van der Waals surface area contributed by atoms with E-state index in [0.717, 1.165) is 17.8 Å². The number of fused-ring (bicyclic) bond motifs is 1. The highest BCUT2D eigenvalue weighted by Gasteiger charge is 2.34. The first-order valence-corrected chi connectivity index (χ1v) is 5.41. The van der Waals surface area contributed by atoms with E-state index in [1.54, 1.807) is 6.33 Å². The van der Waals surface area contributed by atoms with Crippen LogP contribution < -0.4 is 5.32 Å². The van der Waals surface area contributed by atoms with Crippen LogP contribution in [0.2, 0.25) is 0 Å². The van der Waals surface area contributed by atoms with Crippen LogP contribution in [-0.2, 0) is 11.2 Å². The van der Waals surface area contributed by atoms with Crippen molar-refractivity contribution in [3.8, 4) is 0 Å². The number of aromatic amines is 1. The zero-order valence-corrected chi connectivity index (χ0v) is 9.37. The summed E-state index contributed by atoms with van der Waals surface area (Å²) in [6, 6.07) is 0.267. The molecule has 0 saturated carbocycles. The first kappa shape index (κ1) is 10.4. The SMILES string of the molecule is CC(C)NC1Cc2[nH]cnc2C(C)C1=O. The summed E-state index contributed by atoms with van der Waals surface area (Å²) >= 11 is 0. The number of aromatic nitrogens is 2. The maximum absolute atomic E-state index is 12.0. The molecule has 1 aliphatic carbocycles. The third kappa shape index (κ3) is 1.81. The van der Waals surface area contributed by atoms with E-state index >= 15 is 0 Å². The number of carbonyl (C=O) groups is 1. The second kappa shape index (κ2) is 3.77. The molecule has 0 amide bonds. The number of Topliss-reactive ketones (excluding diaryl/α,β-unsaturated/α-hetero) is 1. The second-order valence-corrected chi connectivity index (χ2v) is 4.47. The molecule has 0 radical (unpaired) electrons. The van der Waals surface area contributed by atoms with Crippen molar-refractivity contribution in [3.05, 3.63) is 17.7 Å². The van der Waals surface area contributed by atoms with Crippen molar-refractivity contribution in [1.82, 2.24) is 15.3 Å². The van der Waals surface area contributed by atoms with Crippen LogP contribution >= 0.6 is 0 Å². The smallest absolute Gasteiger partial charge is 0.158 e. The maximum atomic E-state index is 12.0. The molecule has 0 aliphatic heterocycles. The predicted molar refractivity (Wildman–Crippen MR) is 57.8 cm³/mol. The molecule has 0 aromatic carbocycles. The van der Waals surface area contributed by atoms with Gasteiger partial charge in [0.2, 0.25) is 0 Å². The fourth-order valence-electron chi connectivity index (χ4n) is 2.15. The van der Waals surface area contributed by atoms with Gasteiger partial charge in [-0.05, 0) is 6.92 Å². The van der Waals surface area contributed by atoms with Gasteiger partial charge in [-0.25, -0.2) is 4.98 Å². The molecule has 2 N–H and O–H groups in total. The van der Waals surface area contributed by atoms with Crippen molar-refractivity contribution in [3.63, 3.8) is 0 Å². The number of rotatable bonds is 2. The Bertz CT molecular complexity index is 370. The first-order chi connectivity index (χ1) is 7.09. The van der Waals surface area contributed by atoms with Gasteiger partial charge in [0.15, 0.2) is 5.78 Å². The van der Waals surface area contributed by atoms with Crippen LogP contribution in [0.15, 0.2) is 6.33 Å². The summed E-state index contributed by atoms with van der Waals surface area (Å²) in [6.45, 7) is 6.04. The van der Waals surface area contributed by atoms with Crippen molar-refractivity contribution >= 4 is 5.78 Å². The van der Waals surface area contributed by atoms with Crippen LogP contribution in [0.4, 0.5) is 0 Å². The molecular formula is C11H17N3O. The van der Waals surface area contributed by atoms with Gasteiger partial charge in [-0.2, -0.15) is 0 Å². The van der Waals surface area contributed by atoms with Crippen molar-refractivity contribution in [1.29, 1.82) is 0 Å². The summed E-state index contributed by atoms with van der Waals surface area (Å²) in [6.07, 6.45) is 2.41. The van der Waals surface area contributed by atoms with E-state index in [1.165, 1.54) is 0 Å². The summed E-state index contributed by atoms with van der Waals surface area (Å²) in [5.41, 5.74) is 2.02. The Morgan fingerprint density at radius 2 is 2.33 bits per heavy atom. The summed E-state index contributed by atoms with van der Waals surface area (Å²) in [5, 5.41) is 3.30. The van der Waals surface area contributed by atoms with E-state index in [1.807, 2.05) is 6.92 Å². The van der Waals surface area contributed by atoms with E-state index in [-0.39, 0.29) is 17.7 Å². The van der Waals surface area contributed by atoms with Crippen molar-refractivity contribution in [2.45, 2.75) is 45.2 Å². The molecule has 4 heteroatoms. The predicted octanol–water partition coefficient (Wildman–Crippen LogP) is 1.00. The first-order valence-electron chi connectivity index (χ1n) is 5.41. The summed E-state index contributed by atoms with van der Waals surface area (Å²) in [7, 11) is 0. The molecule has 1 aliphatic rings. The lowest BCUT2D eigenvalue weighted by atomic mass is 9.86. The molecule has 82 valence electrons. The molecule has 1 aromatic rings. The van der Waals surface area contributed by atoms with Gasteiger partial charge in [-0.15, -0.1) is 0 Å². The van der Waals surface area contributed by atoms with E-state index in [2.05, 4.69) is 29.1 Å². The van der Waals surface area contributed by atoms with Gasteiger partial charge in [0.1, 0.15) is 0 Å². The van der Waals surface area contributed by atoms with E-state index in [9.17, 15) is 4.79 Å². The second-order valence-electron chi connectivity index (χ2n) is 4.47. The Morgan fingerprint density at radius 3 is 3.00 bits per heavy atom. The number of imidazole rings is 1. The van der Waals surface area contributed by atoms with Crippen LogP contribution in [0.5, 0.6) is 0 Å². The topological polar surface area (TPSA) is 57.8 Å². The fraction of sp³-hybridized carbons (Fsp3) is 0.636. The fourth-order valence-corrected chi connectivity index (χ4v) is 2.15. The van der Waals surface area contributed by atoms with Crippen LogP contribution in [0.25, 0.3) is 0 Å². The summed E-state index contributed by atoms with van der Waals surface area (Å²) in [5.74, 6) is 0.166. The number of hydrogen-bond donors (Lipinski definition) is 2. The third-order valence-electron chi connectivity index (χ3n) is 2.87. The van der Waals surface area contributed by atoms with Gasteiger partial charge in [-0.3, -0.25) is 4.79 Å². The summed E-state index contributed by atoms with van der Waals surface area (Å²) in [4.78, 5) is 19.3. The molecule has 0 spiro atoms. The number of H-pyrrole nitrogens is 1. The molecule has 4 nitrogen and oxygen atoms in total. The molecule has 1 aromatic heterocycles. The average molecular weight is 207 g/mol. The Kier molecular flexibility index (Phi) is 2.61. The number of nitrogens with zero attached hydrogens (tertiary/aromatic N) is 1. The molecule has 15 heavy (non-hydrogen) atoms. The monoisotopic (exact) mass is 207 g/mol. The number of nitrogens with one attached hydrogen (secondary N) is 2. The minimum atomic E-state index is -0.0868. The quantitative estimate of drug-likeness (QED) is 0.760. The van der Waals surface area contributed by atoms with Gasteiger partial charge in [0, 0.05) is 18.2 Å². The highest BCUT2D eigenvalue weighted by atomic mass is 16.1. The average Bonchev–Trinajstić information content (AvgIpc) is 2.61. The van der Waals surface area contributed by atoms with Gasteiger partial charge in [0.05, 0.1) is 24.0 Å². The highest BCUT2D eigenvalue weighted by Crippen LogP contribution is 2.26. The minimum Gasteiger partial charge on any atom is -0.348 e. The number of ketones is 1. The molecule has 0 bridgehead atoms. The Morgan fingerprint density at radius 1 is 1.60 bits per heavy atom. The zero-order chi connectivity index (χ0) is 11.0. The van der Waals surface area contributed by atoms with Crippen LogP contribution in [0.3, 0.4) is 0 Å². The lowest BCUT2D eigenvalue weighted by Gasteiger charge is -2.27. The Hall–Kier alpha value is -1.16. The number of hydrogen-bond acceptors (Lipinski definition) is 3.